The van der Waals surface area contributed by atoms with E-state index >= 15 is 0 Å². The van der Waals surface area contributed by atoms with Crippen molar-refractivity contribution in [2.75, 3.05) is 19.8 Å². The predicted molar refractivity (Wildman–Crippen MR) is 58.6 cm³/mol. The molecule has 0 saturated heterocycles. The van der Waals surface area contributed by atoms with Crippen LogP contribution >= 0.6 is 0 Å². The second-order valence-electron chi connectivity index (χ2n) is 3.53. The lowest BCUT2D eigenvalue weighted by atomic mass is 10.6. The Hall–Kier alpha value is -2.26. The second-order valence-corrected chi connectivity index (χ2v) is 3.53. The first-order chi connectivity index (χ1) is 9.37. The van der Waals surface area contributed by atoms with E-state index in [1.165, 1.54) is 4.68 Å². The molecule has 10 heteroatoms. The van der Waals surface area contributed by atoms with Crippen molar-refractivity contribution in [2.45, 2.75) is 12.7 Å². The Balaban J connectivity index is 2.09. The molecule has 7 nitrogen and oxygen atoms in total. The summed E-state index contributed by atoms with van der Waals surface area (Å²) in [5.74, 6) is -0.791. The average Bonchev–Trinajstić information content (AvgIpc) is 2.86. The third-order valence-corrected chi connectivity index (χ3v) is 1.89. The van der Waals surface area contributed by atoms with Crippen molar-refractivity contribution in [2.24, 2.45) is 0 Å². The molecule has 0 aliphatic carbocycles. The molecule has 1 N–H and O–H groups in total. The van der Waals surface area contributed by atoms with Gasteiger partial charge in [0.1, 0.15) is 13.2 Å². The number of hydrogen-bond acceptors (Lipinski definition) is 5. The molecule has 1 aromatic rings. The summed E-state index contributed by atoms with van der Waals surface area (Å²) in [6.07, 6.45) is -2.73. The maximum absolute atomic E-state index is 11.7. The average molecular weight is 295 g/mol. The molecular formula is C10H12F3N3O4. The van der Waals surface area contributed by atoms with Crippen LogP contribution in [0.2, 0.25) is 0 Å². The van der Waals surface area contributed by atoms with E-state index in [0.717, 1.165) is 0 Å². The van der Waals surface area contributed by atoms with E-state index in [1.54, 1.807) is 18.5 Å². The molecular weight excluding hydrogens is 283 g/mol. The molecule has 0 atom stereocenters. The van der Waals surface area contributed by atoms with Gasteiger partial charge in [-0.2, -0.15) is 18.3 Å². The molecule has 112 valence electrons. The quantitative estimate of drug-likeness (QED) is 0.782. The number of alkyl halides is 3. The first-order valence-corrected chi connectivity index (χ1v) is 5.47. The third kappa shape index (κ3) is 7.24. The molecule has 0 aromatic carbocycles. The van der Waals surface area contributed by atoms with Crippen LogP contribution < -0.4 is 5.32 Å². The topological polar surface area (TPSA) is 82.5 Å². The molecule has 0 spiro atoms. The largest absolute Gasteiger partial charge is 0.462 e. The van der Waals surface area contributed by atoms with Crippen molar-refractivity contribution in [3.63, 3.8) is 0 Å². The molecule has 0 radical (unpaired) electrons. The highest BCUT2D eigenvalue weighted by molar-refractivity contribution is 5.77. The summed E-state index contributed by atoms with van der Waals surface area (Å²) in [6, 6.07) is 1.69. The van der Waals surface area contributed by atoms with E-state index in [4.69, 9.17) is 4.74 Å². The number of hydrogen-bond donors (Lipinski definition) is 1. The Bertz CT molecular complexity index is 433. The molecule has 20 heavy (non-hydrogen) atoms. The van der Waals surface area contributed by atoms with Gasteiger partial charge in [0.25, 0.3) is 0 Å². The van der Waals surface area contributed by atoms with Crippen molar-refractivity contribution in [3.05, 3.63) is 18.5 Å². The summed E-state index contributed by atoms with van der Waals surface area (Å²) in [6.45, 7) is -1.93. The van der Waals surface area contributed by atoms with Gasteiger partial charge in [0, 0.05) is 12.4 Å². The van der Waals surface area contributed by atoms with Crippen LogP contribution in [0.5, 0.6) is 0 Å². The Morgan fingerprint density at radius 3 is 2.65 bits per heavy atom. The zero-order chi connectivity index (χ0) is 15.0. The van der Waals surface area contributed by atoms with Crippen LogP contribution in [0, 0.1) is 0 Å². The summed E-state index contributed by atoms with van der Waals surface area (Å²) in [5, 5.41) is 5.70. The summed E-state index contributed by atoms with van der Waals surface area (Å²) < 4.78 is 45.2. The van der Waals surface area contributed by atoms with Crippen LogP contribution in [-0.4, -0.2) is 47.8 Å². The number of esters is 1. The summed E-state index contributed by atoms with van der Waals surface area (Å²) in [7, 11) is 0. The molecule has 0 aliphatic heterocycles. The highest BCUT2D eigenvalue weighted by Crippen LogP contribution is 2.14. The van der Waals surface area contributed by atoms with Gasteiger partial charge in [0.15, 0.2) is 6.61 Å². The molecule has 0 aliphatic rings. The molecule has 1 heterocycles. The number of carbonyl (C=O) groups excluding carboxylic acids is 2. The van der Waals surface area contributed by atoms with E-state index in [2.05, 4.69) is 9.84 Å². The molecule has 1 rings (SSSR count). The van der Waals surface area contributed by atoms with Gasteiger partial charge in [-0.3, -0.25) is 9.48 Å². The highest BCUT2D eigenvalue weighted by Gasteiger charge is 2.29. The lowest BCUT2D eigenvalue weighted by molar-refractivity contribution is -0.160. The normalized spacial score (nSPS) is 10.9. The number of nitrogens with one attached hydrogen (secondary N) is 1. The van der Waals surface area contributed by atoms with Gasteiger partial charge >= 0.3 is 18.2 Å². The number of halogens is 3. The molecule has 1 amide bonds. The van der Waals surface area contributed by atoms with E-state index in [-0.39, 0.29) is 6.61 Å². The maximum Gasteiger partial charge on any atom is 0.422 e. The minimum Gasteiger partial charge on any atom is -0.462 e. The standard InChI is InChI=1S/C10H12F3N3O4/c11-10(12,13)7-20-9(18)14-6-8(17)19-5-4-16-3-1-2-15-16/h1-3H,4-7H2,(H,14,18). The van der Waals surface area contributed by atoms with Gasteiger partial charge in [-0.1, -0.05) is 0 Å². The van der Waals surface area contributed by atoms with Gasteiger partial charge in [0.05, 0.1) is 6.54 Å². The van der Waals surface area contributed by atoms with Crippen LogP contribution in [0.15, 0.2) is 18.5 Å². The fourth-order valence-corrected chi connectivity index (χ4v) is 1.08. The van der Waals surface area contributed by atoms with Crippen LogP contribution in [0.1, 0.15) is 0 Å². The number of amides is 1. The lowest BCUT2D eigenvalue weighted by Crippen LogP contribution is -2.33. The van der Waals surface area contributed by atoms with Gasteiger partial charge in [-0.25, -0.2) is 4.79 Å². The monoisotopic (exact) mass is 295 g/mol. The van der Waals surface area contributed by atoms with E-state index in [0.29, 0.717) is 6.54 Å². The molecule has 0 saturated carbocycles. The molecule has 0 fully saturated rings. The first kappa shape index (κ1) is 15.8. The second kappa shape index (κ2) is 7.36. The number of carbonyl (C=O) groups is 2. The number of rotatable bonds is 6. The fourth-order valence-electron chi connectivity index (χ4n) is 1.08. The molecule has 0 unspecified atom stereocenters. The van der Waals surface area contributed by atoms with E-state index < -0.39 is 31.4 Å². The summed E-state index contributed by atoms with van der Waals surface area (Å²) >= 11 is 0. The highest BCUT2D eigenvalue weighted by atomic mass is 19.4. The zero-order valence-corrected chi connectivity index (χ0v) is 10.2. The van der Waals surface area contributed by atoms with Gasteiger partial charge in [0.2, 0.25) is 0 Å². The Kier molecular flexibility index (Phi) is 5.81. The van der Waals surface area contributed by atoms with Crippen LogP contribution in [0.4, 0.5) is 18.0 Å². The number of alkyl carbamates (subject to hydrolysis) is 1. The Morgan fingerprint density at radius 2 is 2.05 bits per heavy atom. The minimum absolute atomic E-state index is 0.0276. The minimum atomic E-state index is -4.61. The molecule has 1 aromatic heterocycles. The van der Waals surface area contributed by atoms with Crippen molar-refractivity contribution < 1.29 is 32.2 Å². The first-order valence-electron chi connectivity index (χ1n) is 5.47. The van der Waals surface area contributed by atoms with Crippen LogP contribution in [0.3, 0.4) is 0 Å². The number of nitrogens with zero attached hydrogens (tertiary/aromatic N) is 2. The van der Waals surface area contributed by atoms with Crippen molar-refractivity contribution in [1.82, 2.24) is 15.1 Å². The van der Waals surface area contributed by atoms with Gasteiger partial charge in [-0.05, 0) is 6.07 Å². The fraction of sp³-hybridized carbons (Fsp3) is 0.500. The van der Waals surface area contributed by atoms with Crippen molar-refractivity contribution >= 4 is 12.1 Å². The van der Waals surface area contributed by atoms with Gasteiger partial charge < -0.3 is 14.8 Å². The number of aromatic nitrogens is 2. The molecule has 0 bridgehead atoms. The van der Waals surface area contributed by atoms with Gasteiger partial charge in [-0.15, -0.1) is 0 Å². The van der Waals surface area contributed by atoms with E-state index in [1.807, 2.05) is 5.32 Å². The predicted octanol–water partition coefficient (Wildman–Crippen LogP) is 0.715. The maximum atomic E-state index is 11.7. The Labute approximate surface area is 111 Å². The smallest absolute Gasteiger partial charge is 0.422 e. The van der Waals surface area contributed by atoms with E-state index in [9.17, 15) is 22.8 Å². The lowest BCUT2D eigenvalue weighted by Gasteiger charge is -2.09. The SMILES string of the molecule is O=C(CNC(=O)OCC(F)(F)F)OCCn1cccn1. The van der Waals surface area contributed by atoms with Crippen LogP contribution in [-0.2, 0) is 20.8 Å². The number of ether oxygens (including phenoxy) is 2. The zero-order valence-electron chi connectivity index (χ0n) is 10.2. The third-order valence-electron chi connectivity index (χ3n) is 1.89. The van der Waals surface area contributed by atoms with Crippen LogP contribution in [0.25, 0.3) is 0 Å². The summed E-state index contributed by atoms with van der Waals surface area (Å²) in [5.41, 5.74) is 0. The van der Waals surface area contributed by atoms with Crippen molar-refractivity contribution in [1.29, 1.82) is 0 Å². The summed E-state index contributed by atoms with van der Waals surface area (Å²) in [4.78, 5) is 21.9. The van der Waals surface area contributed by atoms with Crippen molar-refractivity contribution in [3.8, 4) is 0 Å². The Morgan fingerprint density at radius 1 is 1.30 bits per heavy atom.